The molecule has 0 aromatic heterocycles. The van der Waals surface area contributed by atoms with Crippen LogP contribution in [0.1, 0.15) is 44.2 Å². The third-order valence-electron chi connectivity index (χ3n) is 5.11. The first-order chi connectivity index (χ1) is 12.5. The van der Waals surface area contributed by atoms with Gasteiger partial charge in [0.15, 0.2) is 6.04 Å². The van der Waals surface area contributed by atoms with E-state index in [0.29, 0.717) is 5.92 Å². The summed E-state index contributed by atoms with van der Waals surface area (Å²) in [4.78, 5) is 13.9. The average molecular weight is 356 g/mol. The van der Waals surface area contributed by atoms with Gasteiger partial charge in [0.25, 0.3) is 5.91 Å². The Morgan fingerprint density at radius 1 is 1.15 bits per heavy atom. The zero-order valence-electron chi connectivity index (χ0n) is 16.5. The Bertz CT molecular complexity index is 730. The molecule has 0 aliphatic rings. The zero-order valence-corrected chi connectivity index (χ0v) is 16.5. The van der Waals surface area contributed by atoms with E-state index in [1.807, 2.05) is 50.4 Å². The lowest BCUT2D eigenvalue weighted by molar-refractivity contribution is -0.907. The highest BCUT2D eigenvalue weighted by atomic mass is 16.5. The van der Waals surface area contributed by atoms with Crippen LogP contribution in [0.15, 0.2) is 48.5 Å². The number of anilines is 1. The van der Waals surface area contributed by atoms with Gasteiger partial charge in [0, 0.05) is 11.3 Å². The molecule has 2 aromatic carbocycles. The number of rotatable bonds is 8. The maximum Gasteiger partial charge on any atom is 0.282 e. The first-order valence-electron chi connectivity index (χ1n) is 9.31. The molecular formula is C22H31N2O2+. The van der Waals surface area contributed by atoms with Crippen molar-refractivity contribution in [1.82, 2.24) is 0 Å². The van der Waals surface area contributed by atoms with E-state index in [4.69, 9.17) is 4.74 Å². The van der Waals surface area contributed by atoms with Crippen LogP contribution in [0.25, 0.3) is 0 Å². The number of carbonyl (C=O) groups is 1. The fraction of sp³-hybridized carbons (Fsp3) is 0.409. The molecule has 0 saturated carbocycles. The van der Waals surface area contributed by atoms with Crippen molar-refractivity contribution >= 4 is 11.6 Å². The lowest BCUT2D eigenvalue weighted by Gasteiger charge is -2.22. The number of quaternary nitrogens is 1. The molecule has 0 aliphatic heterocycles. The van der Waals surface area contributed by atoms with Crippen molar-refractivity contribution in [3.05, 3.63) is 59.7 Å². The number of methoxy groups -OCH3 is 1. The van der Waals surface area contributed by atoms with Gasteiger partial charge in [-0.3, -0.25) is 4.79 Å². The highest BCUT2D eigenvalue weighted by Gasteiger charge is 2.23. The maximum absolute atomic E-state index is 12.8. The summed E-state index contributed by atoms with van der Waals surface area (Å²) in [5, 5.41) is 3.13. The Labute approximate surface area is 157 Å². The molecule has 0 aliphatic carbocycles. The number of hydrogen-bond donors (Lipinski definition) is 2. The van der Waals surface area contributed by atoms with Gasteiger partial charge in [-0.1, -0.05) is 44.2 Å². The number of ether oxygens (including phenoxy) is 1. The molecule has 4 nitrogen and oxygen atoms in total. The first kappa shape index (κ1) is 20.0. The summed E-state index contributed by atoms with van der Waals surface area (Å²) in [5.74, 6) is 1.31. The zero-order chi connectivity index (χ0) is 19.1. The van der Waals surface area contributed by atoms with E-state index < -0.39 is 0 Å². The van der Waals surface area contributed by atoms with Crippen LogP contribution in [0.2, 0.25) is 0 Å². The van der Waals surface area contributed by atoms with E-state index in [1.165, 1.54) is 5.56 Å². The summed E-state index contributed by atoms with van der Waals surface area (Å²) in [6.07, 6.45) is 1.05. The van der Waals surface area contributed by atoms with Gasteiger partial charge in [0.1, 0.15) is 12.3 Å². The second-order valence-corrected chi connectivity index (χ2v) is 6.98. The lowest BCUT2D eigenvalue weighted by atomic mass is 9.97. The van der Waals surface area contributed by atoms with Gasteiger partial charge in [-0.25, -0.2) is 0 Å². The molecule has 0 fully saturated rings. The maximum atomic E-state index is 12.8. The minimum absolute atomic E-state index is 0.0427. The Kier molecular flexibility index (Phi) is 7.22. The van der Waals surface area contributed by atoms with Crippen LogP contribution in [-0.2, 0) is 11.3 Å². The van der Waals surface area contributed by atoms with Gasteiger partial charge in [0.05, 0.1) is 14.2 Å². The standard InChI is InChI=1S/C22H30N2O2/c1-6-16(2)20-12-7-8-13-21(20)23-22(25)17(3)24(4)15-18-10-9-11-19(14-18)26-5/h7-14,16-17H,6,15H2,1-5H3,(H,23,25)/p+1/t16-,17+/m0/s1. The van der Waals surface area contributed by atoms with Crippen molar-refractivity contribution in [1.29, 1.82) is 0 Å². The number of carbonyl (C=O) groups excluding carboxylic acids is 1. The Balaban J connectivity index is 2.05. The van der Waals surface area contributed by atoms with Crippen LogP contribution in [0.4, 0.5) is 5.69 Å². The minimum Gasteiger partial charge on any atom is -0.497 e. The Hall–Kier alpha value is -2.33. The first-order valence-corrected chi connectivity index (χ1v) is 9.31. The van der Waals surface area contributed by atoms with E-state index in [2.05, 4.69) is 31.3 Å². The summed E-state index contributed by atoms with van der Waals surface area (Å²) in [6.45, 7) is 7.09. The fourth-order valence-corrected chi connectivity index (χ4v) is 2.98. The number of benzene rings is 2. The Morgan fingerprint density at radius 2 is 1.88 bits per heavy atom. The molecule has 0 saturated heterocycles. The van der Waals surface area contributed by atoms with Crippen LogP contribution >= 0.6 is 0 Å². The molecule has 1 amide bonds. The van der Waals surface area contributed by atoms with Gasteiger partial charge in [-0.15, -0.1) is 0 Å². The molecule has 2 aromatic rings. The van der Waals surface area contributed by atoms with Crippen LogP contribution in [0, 0.1) is 0 Å². The van der Waals surface area contributed by atoms with Gasteiger partial charge < -0.3 is 15.0 Å². The second kappa shape index (κ2) is 9.39. The predicted octanol–water partition coefficient (Wildman–Crippen LogP) is 3.25. The van der Waals surface area contributed by atoms with Crippen molar-refractivity contribution in [3.63, 3.8) is 0 Å². The highest BCUT2D eigenvalue weighted by molar-refractivity contribution is 5.94. The molecule has 4 heteroatoms. The lowest BCUT2D eigenvalue weighted by Crippen LogP contribution is -3.12. The third kappa shape index (κ3) is 5.09. The largest absolute Gasteiger partial charge is 0.497 e. The SMILES string of the molecule is CC[C@H](C)c1ccccc1NC(=O)[C@@H](C)[NH+](C)Cc1cccc(OC)c1. The molecule has 0 radical (unpaired) electrons. The topological polar surface area (TPSA) is 42.8 Å². The molecule has 26 heavy (non-hydrogen) atoms. The van der Waals surface area contributed by atoms with Crippen LogP contribution in [-0.4, -0.2) is 26.1 Å². The summed E-state index contributed by atoms with van der Waals surface area (Å²) in [5.41, 5.74) is 3.27. The predicted molar refractivity (Wildman–Crippen MR) is 107 cm³/mol. The third-order valence-corrected chi connectivity index (χ3v) is 5.11. The fourth-order valence-electron chi connectivity index (χ4n) is 2.98. The van der Waals surface area contributed by atoms with E-state index in [0.717, 1.165) is 34.9 Å². The molecule has 140 valence electrons. The van der Waals surface area contributed by atoms with E-state index in [1.54, 1.807) is 7.11 Å². The van der Waals surface area contributed by atoms with Crippen LogP contribution < -0.4 is 15.0 Å². The van der Waals surface area contributed by atoms with Crippen molar-refractivity contribution in [2.75, 3.05) is 19.5 Å². The minimum atomic E-state index is -0.161. The smallest absolute Gasteiger partial charge is 0.282 e. The van der Waals surface area contributed by atoms with E-state index in [-0.39, 0.29) is 11.9 Å². The molecule has 0 bridgehead atoms. The normalized spacial score (nSPS) is 14.3. The highest BCUT2D eigenvalue weighted by Crippen LogP contribution is 2.26. The summed E-state index contributed by atoms with van der Waals surface area (Å²) in [6, 6.07) is 15.9. The van der Waals surface area contributed by atoms with Crippen LogP contribution in [0.3, 0.4) is 0 Å². The molecule has 0 heterocycles. The molecule has 1 unspecified atom stereocenters. The van der Waals surface area contributed by atoms with Crippen LogP contribution in [0.5, 0.6) is 5.75 Å². The summed E-state index contributed by atoms with van der Waals surface area (Å²) in [7, 11) is 3.71. The molecule has 3 atom stereocenters. The molecule has 0 spiro atoms. The van der Waals surface area contributed by atoms with Gasteiger partial charge in [-0.05, 0) is 43.0 Å². The number of hydrogen-bond acceptors (Lipinski definition) is 2. The molecular weight excluding hydrogens is 324 g/mol. The van der Waals surface area contributed by atoms with Crippen molar-refractivity contribution < 1.29 is 14.4 Å². The summed E-state index contributed by atoms with van der Waals surface area (Å²) < 4.78 is 5.28. The van der Waals surface area contributed by atoms with Crippen molar-refractivity contribution in [2.45, 2.75) is 45.7 Å². The monoisotopic (exact) mass is 355 g/mol. The van der Waals surface area contributed by atoms with E-state index >= 15 is 0 Å². The molecule has 2 rings (SSSR count). The van der Waals surface area contributed by atoms with Gasteiger partial charge >= 0.3 is 0 Å². The molecule has 2 N–H and O–H groups in total. The number of likely N-dealkylation sites (N-methyl/N-ethyl adjacent to an activating group) is 1. The number of nitrogens with one attached hydrogen (secondary N) is 2. The van der Waals surface area contributed by atoms with Crippen molar-refractivity contribution in [2.24, 2.45) is 0 Å². The quantitative estimate of drug-likeness (QED) is 0.763. The number of para-hydroxylation sites is 1. The van der Waals surface area contributed by atoms with E-state index in [9.17, 15) is 4.79 Å². The average Bonchev–Trinajstić information content (AvgIpc) is 2.67. The number of amides is 1. The van der Waals surface area contributed by atoms with Gasteiger partial charge in [-0.2, -0.15) is 0 Å². The summed E-state index contributed by atoms with van der Waals surface area (Å²) >= 11 is 0. The van der Waals surface area contributed by atoms with Crippen molar-refractivity contribution in [3.8, 4) is 5.75 Å². The second-order valence-electron chi connectivity index (χ2n) is 6.98. The Morgan fingerprint density at radius 3 is 2.58 bits per heavy atom. The van der Waals surface area contributed by atoms with Gasteiger partial charge in [0.2, 0.25) is 0 Å².